The number of benzene rings is 1. The van der Waals surface area contributed by atoms with Crippen LogP contribution in [0.5, 0.6) is 0 Å². The fourth-order valence-electron chi connectivity index (χ4n) is 3.45. The summed E-state index contributed by atoms with van der Waals surface area (Å²) in [7, 11) is 0. The van der Waals surface area contributed by atoms with Gasteiger partial charge < -0.3 is 14.8 Å². The van der Waals surface area contributed by atoms with Crippen molar-refractivity contribution >= 4 is 16.9 Å². The molecular formula is C19H29N5O. The van der Waals surface area contributed by atoms with Crippen molar-refractivity contribution in [2.45, 2.75) is 26.8 Å². The predicted octanol–water partition coefficient (Wildman–Crippen LogP) is 1.35. The van der Waals surface area contributed by atoms with Crippen LogP contribution >= 0.6 is 0 Å². The highest BCUT2D eigenvalue weighted by Crippen LogP contribution is 2.16. The van der Waals surface area contributed by atoms with Crippen LogP contribution in [0.1, 0.15) is 19.7 Å². The maximum atomic E-state index is 12.4. The minimum absolute atomic E-state index is 0.0602. The molecule has 0 bridgehead atoms. The molecule has 2 heterocycles. The molecule has 1 fully saturated rings. The molecule has 0 spiro atoms. The van der Waals surface area contributed by atoms with Crippen LogP contribution in [0, 0.1) is 0 Å². The predicted molar refractivity (Wildman–Crippen MR) is 101 cm³/mol. The Balaban J connectivity index is 1.50. The van der Waals surface area contributed by atoms with Crippen LogP contribution in [0.4, 0.5) is 0 Å². The number of carbonyl (C=O) groups excluding carboxylic acids is 1. The van der Waals surface area contributed by atoms with Crippen LogP contribution in [0.25, 0.3) is 11.0 Å². The Kier molecular flexibility index (Phi) is 6.04. The molecule has 1 amide bonds. The summed E-state index contributed by atoms with van der Waals surface area (Å²) in [6, 6.07) is 8.01. The average molecular weight is 343 g/mol. The van der Waals surface area contributed by atoms with Gasteiger partial charge in [0.2, 0.25) is 5.91 Å². The lowest BCUT2D eigenvalue weighted by Crippen LogP contribution is -2.48. The maximum Gasteiger partial charge on any atom is 0.240 e. The van der Waals surface area contributed by atoms with Gasteiger partial charge in [0.25, 0.3) is 0 Å². The topological polar surface area (TPSA) is 53.4 Å². The molecular weight excluding hydrogens is 314 g/mol. The quantitative estimate of drug-likeness (QED) is 0.825. The van der Waals surface area contributed by atoms with Crippen LogP contribution in [-0.4, -0.2) is 71.1 Å². The molecule has 6 nitrogen and oxygen atoms in total. The standard InChI is InChI=1S/C19H29N5O/c1-3-18-21-16-7-5-6-8-17(16)24(18)15-19(25)20-9-10-23-13-11-22(4-2)12-14-23/h5-8H,3-4,9-15H2,1-2H3,(H,20,25). The van der Waals surface area contributed by atoms with Crippen molar-refractivity contribution in [2.24, 2.45) is 0 Å². The van der Waals surface area contributed by atoms with Crippen molar-refractivity contribution in [3.63, 3.8) is 0 Å². The number of hydrogen-bond acceptors (Lipinski definition) is 4. The van der Waals surface area contributed by atoms with Crippen molar-refractivity contribution in [3.05, 3.63) is 30.1 Å². The summed E-state index contributed by atoms with van der Waals surface area (Å²) in [6.45, 7) is 11.8. The van der Waals surface area contributed by atoms with E-state index in [2.05, 4.69) is 33.9 Å². The molecule has 1 aromatic carbocycles. The number of amides is 1. The minimum Gasteiger partial charge on any atom is -0.353 e. The van der Waals surface area contributed by atoms with E-state index in [1.165, 1.54) is 0 Å². The molecule has 2 aromatic rings. The molecule has 0 unspecified atom stereocenters. The van der Waals surface area contributed by atoms with Gasteiger partial charge >= 0.3 is 0 Å². The Morgan fingerprint density at radius 2 is 1.84 bits per heavy atom. The van der Waals surface area contributed by atoms with Crippen molar-refractivity contribution in [2.75, 3.05) is 45.8 Å². The minimum atomic E-state index is 0.0602. The number of aryl methyl sites for hydroxylation is 1. The van der Waals surface area contributed by atoms with Gasteiger partial charge in [-0.15, -0.1) is 0 Å². The number of fused-ring (bicyclic) bond motifs is 1. The van der Waals surface area contributed by atoms with Crippen LogP contribution < -0.4 is 5.32 Å². The van der Waals surface area contributed by atoms with Gasteiger partial charge in [0, 0.05) is 45.7 Å². The third kappa shape index (κ3) is 4.38. The molecule has 1 saturated heterocycles. The smallest absolute Gasteiger partial charge is 0.240 e. The second-order valence-corrected chi connectivity index (χ2v) is 6.58. The van der Waals surface area contributed by atoms with E-state index >= 15 is 0 Å². The second kappa shape index (κ2) is 8.45. The maximum absolute atomic E-state index is 12.4. The summed E-state index contributed by atoms with van der Waals surface area (Å²) < 4.78 is 2.03. The molecule has 6 heteroatoms. The first-order valence-electron chi connectivity index (χ1n) is 9.36. The van der Waals surface area contributed by atoms with Crippen LogP contribution in [0.2, 0.25) is 0 Å². The SMILES string of the molecule is CCc1nc2ccccc2n1CC(=O)NCCN1CCN(CC)CC1. The average Bonchev–Trinajstić information content (AvgIpc) is 3.00. The van der Waals surface area contributed by atoms with E-state index in [4.69, 9.17) is 0 Å². The number of hydrogen-bond donors (Lipinski definition) is 1. The number of piperazine rings is 1. The van der Waals surface area contributed by atoms with E-state index in [1.807, 2.05) is 28.8 Å². The van der Waals surface area contributed by atoms with E-state index in [9.17, 15) is 4.79 Å². The highest BCUT2D eigenvalue weighted by molar-refractivity contribution is 5.81. The van der Waals surface area contributed by atoms with Crippen molar-refractivity contribution in [3.8, 4) is 0 Å². The van der Waals surface area contributed by atoms with E-state index in [1.54, 1.807) is 0 Å². The molecule has 0 saturated carbocycles. The van der Waals surface area contributed by atoms with Crippen LogP contribution in [0.15, 0.2) is 24.3 Å². The third-order valence-electron chi connectivity index (χ3n) is 5.01. The molecule has 136 valence electrons. The number of nitrogens with one attached hydrogen (secondary N) is 1. The molecule has 3 rings (SSSR count). The summed E-state index contributed by atoms with van der Waals surface area (Å²) in [5.74, 6) is 1.03. The van der Waals surface area contributed by atoms with Gasteiger partial charge in [-0.25, -0.2) is 4.98 Å². The van der Waals surface area contributed by atoms with Gasteiger partial charge in [-0.2, -0.15) is 0 Å². The fraction of sp³-hybridized carbons (Fsp3) is 0.579. The molecule has 1 aliphatic heterocycles. The highest BCUT2D eigenvalue weighted by Gasteiger charge is 2.16. The van der Waals surface area contributed by atoms with E-state index in [0.717, 1.165) is 62.5 Å². The first-order chi connectivity index (χ1) is 12.2. The Hall–Kier alpha value is -1.92. The molecule has 1 aromatic heterocycles. The first kappa shape index (κ1) is 17.9. The first-order valence-corrected chi connectivity index (χ1v) is 9.36. The summed E-state index contributed by atoms with van der Waals surface area (Å²) in [4.78, 5) is 21.9. The summed E-state index contributed by atoms with van der Waals surface area (Å²) in [6.07, 6.45) is 0.823. The van der Waals surface area contributed by atoms with Crippen LogP contribution in [0.3, 0.4) is 0 Å². The number of para-hydroxylation sites is 2. The van der Waals surface area contributed by atoms with E-state index in [-0.39, 0.29) is 5.91 Å². The summed E-state index contributed by atoms with van der Waals surface area (Å²) >= 11 is 0. The van der Waals surface area contributed by atoms with E-state index < -0.39 is 0 Å². The van der Waals surface area contributed by atoms with Crippen molar-refractivity contribution in [1.29, 1.82) is 0 Å². The molecule has 25 heavy (non-hydrogen) atoms. The van der Waals surface area contributed by atoms with Gasteiger partial charge in [-0.3, -0.25) is 9.69 Å². The van der Waals surface area contributed by atoms with Crippen molar-refractivity contribution < 1.29 is 4.79 Å². The van der Waals surface area contributed by atoms with Crippen LogP contribution in [-0.2, 0) is 17.8 Å². The number of likely N-dealkylation sites (N-methyl/N-ethyl adjacent to an activating group) is 1. The summed E-state index contributed by atoms with van der Waals surface area (Å²) in [5, 5.41) is 3.07. The zero-order valence-corrected chi connectivity index (χ0v) is 15.4. The second-order valence-electron chi connectivity index (χ2n) is 6.58. The fourth-order valence-corrected chi connectivity index (χ4v) is 3.45. The lowest BCUT2D eigenvalue weighted by Gasteiger charge is -2.33. The molecule has 1 N–H and O–H groups in total. The number of aromatic nitrogens is 2. The number of carbonyl (C=O) groups is 1. The van der Waals surface area contributed by atoms with Gasteiger partial charge in [0.15, 0.2) is 0 Å². The molecule has 0 radical (unpaired) electrons. The normalized spacial score (nSPS) is 16.4. The number of nitrogens with zero attached hydrogens (tertiary/aromatic N) is 4. The number of rotatable bonds is 7. The van der Waals surface area contributed by atoms with Crippen molar-refractivity contribution in [1.82, 2.24) is 24.7 Å². The monoisotopic (exact) mass is 343 g/mol. The van der Waals surface area contributed by atoms with Gasteiger partial charge in [-0.1, -0.05) is 26.0 Å². The zero-order chi connectivity index (χ0) is 17.6. The molecule has 1 aliphatic rings. The Labute approximate surface area is 149 Å². The Morgan fingerprint density at radius 1 is 1.12 bits per heavy atom. The number of imidazole rings is 1. The Morgan fingerprint density at radius 3 is 2.56 bits per heavy atom. The molecule has 0 atom stereocenters. The van der Waals surface area contributed by atoms with Gasteiger partial charge in [-0.05, 0) is 18.7 Å². The highest BCUT2D eigenvalue weighted by atomic mass is 16.1. The largest absolute Gasteiger partial charge is 0.353 e. The van der Waals surface area contributed by atoms with Gasteiger partial charge in [0.05, 0.1) is 11.0 Å². The Bertz CT molecular complexity index is 703. The molecule has 0 aliphatic carbocycles. The lowest BCUT2D eigenvalue weighted by atomic mass is 10.3. The lowest BCUT2D eigenvalue weighted by molar-refractivity contribution is -0.121. The van der Waals surface area contributed by atoms with Gasteiger partial charge in [0.1, 0.15) is 12.4 Å². The summed E-state index contributed by atoms with van der Waals surface area (Å²) in [5.41, 5.74) is 1.99. The van der Waals surface area contributed by atoms with E-state index in [0.29, 0.717) is 13.1 Å². The zero-order valence-electron chi connectivity index (χ0n) is 15.4. The third-order valence-corrected chi connectivity index (χ3v) is 5.01.